The Hall–Kier alpha value is -1.10. The third kappa shape index (κ3) is 3.95. The number of hydrogen-bond donors (Lipinski definition) is 2. The van der Waals surface area contributed by atoms with E-state index in [9.17, 15) is 5.11 Å². The predicted octanol–water partition coefficient (Wildman–Crippen LogP) is 2.28. The molecule has 2 N–H and O–H groups in total. The predicted molar refractivity (Wildman–Crippen MR) is 79.0 cm³/mol. The van der Waals surface area contributed by atoms with Crippen LogP contribution in [0.1, 0.15) is 38.3 Å². The van der Waals surface area contributed by atoms with Gasteiger partial charge in [-0.1, -0.05) is 18.2 Å². The third-order valence-electron chi connectivity index (χ3n) is 3.85. The van der Waals surface area contributed by atoms with Crippen LogP contribution in [0.3, 0.4) is 0 Å². The molecule has 1 saturated heterocycles. The fourth-order valence-corrected chi connectivity index (χ4v) is 2.51. The van der Waals surface area contributed by atoms with Gasteiger partial charge in [0.15, 0.2) is 0 Å². The summed E-state index contributed by atoms with van der Waals surface area (Å²) in [6.45, 7) is 6.60. The van der Waals surface area contributed by atoms with E-state index in [0.29, 0.717) is 39.2 Å². The van der Waals surface area contributed by atoms with Crippen molar-refractivity contribution in [3.05, 3.63) is 29.8 Å². The maximum atomic E-state index is 10.5. The van der Waals surface area contributed by atoms with Crippen molar-refractivity contribution >= 4 is 0 Å². The van der Waals surface area contributed by atoms with Gasteiger partial charge in [-0.05, 0) is 19.9 Å². The van der Waals surface area contributed by atoms with Gasteiger partial charge in [-0.2, -0.15) is 0 Å². The first-order valence-electron chi connectivity index (χ1n) is 7.40. The van der Waals surface area contributed by atoms with Gasteiger partial charge in [0.1, 0.15) is 5.75 Å². The van der Waals surface area contributed by atoms with E-state index >= 15 is 0 Å². The van der Waals surface area contributed by atoms with Crippen LogP contribution in [0.2, 0.25) is 0 Å². The van der Waals surface area contributed by atoms with Gasteiger partial charge in [0.05, 0.1) is 12.2 Å². The number of nitrogens with one attached hydrogen (secondary N) is 1. The molecule has 1 aromatic rings. The van der Waals surface area contributed by atoms with Crippen LogP contribution in [0.25, 0.3) is 0 Å². The summed E-state index contributed by atoms with van der Waals surface area (Å²) < 4.78 is 11.0. The van der Waals surface area contributed by atoms with E-state index in [-0.39, 0.29) is 6.04 Å². The van der Waals surface area contributed by atoms with Crippen molar-refractivity contribution in [3.8, 4) is 5.75 Å². The minimum atomic E-state index is -0.646. The Morgan fingerprint density at radius 2 is 2.05 bits per heavy atom. The molecule has 0 aliphatic carbocycles. The molecule has 0 radical (unpaired) electrons. The highest BCUT2D eigenvalue weighted by Crippen LogP contribution is 2.26. The normalized spacial score (nSPS) is 19.6. The van der Waals surface area contributed by atoms with E-state index in [1.54, 1.807) is 0 Å². The second-order valence-corrected chi connectivity index (χ2v) is 5.41. The fraction of sp³-hybridized carbons (Fsp3) is 0.625. The first-order valence-corrected chi connectivity index (χ1v) is 7.40. The van der Waals surface area contributed by atoms with Gasteiger partial charge >= 0.3 is 0 Å². The largest absolute Gasteiger partial charge is 0.494 e. The van der Waals surface area contributed by atoms with Gasteiger partial charge in [-0.15, -0.1) is 0 Å². The SMILES string of the molecule is CCOc1ccccc1C(C)NCC1(O)CCOCC1. The molecule has 1 aromatic carbocycles. The van der Waals surface area contributed by atoms with Gasteiger partial charge in [-0.25, -0.2) is 0 Å². The second kappa shape index (κ2) is 7.07. The summed E-state index contributed by atoms with van der Waals surface area (Å²) in [5, 5.41) is 13.9. The van der Waals surface area contributed by atoms with Crippen LogP contribution in [0.15, 0.2) is 24.3 Å². The fourth-order valence-electron chi connectivity index (χ4n) is 2.51. The number of rotatable bonds is 6. The molecule has 4 nitrogen and oxygen atoms in total. The standard InChI is InChI=1S/C16H25NO3/c1-3-20-15-7-5-4-6-14(15)13(2)17-12-16(18)8-10-19-11-9-16/h4-7,13,17-18H,3,8-12H2,1-2H3. The van der Waals surface area contributed by atoms with Crippen molar-refractivity contribution in [1.82, 2.24) is 5.32 Å². The molecule has 1 unspecified atom stereocenters. The Bertz CT molecular complexity index is 416. The molecule has 2 rings (SSSR count). The lowest BCUT2D eigenvalue weighted by atomic mass is 9.94. The van der Waals surface area contributed by atoms with E-state index in [1.807, 2.05) is 25.1 Å². The Morgan fingerprint density at radius 1 is 1.35 bits per heavy atom. The molecule has 20 heavy (non-hydrogen) atoms. The molecule has 0 saturated carbocycles. The molecular weight excluding hydrogens is 254 g/mol. The molecule has 1 fully saturated rings. The van der Waals surface area contributed by atoms with Crippen LogP contribution >= 0.6 is 0 Å². The Balaban J connectivity index is 1.95. The number of para-hydroxylation sites is 1. The summed E-state index contributed by atoms with van der Waals surface area (Å²) >= 11 is 0. The molecule has 1 heterocycles. The zero-order valence-electron chi connectivity index (χ0n) is 12.4. The summed E-state index contributed by atoms with van der Waals surface area (Å²) in [6, 6.07) is 8.19. The number of aliphatic hydroxyl groups is 1. The van der Waals surface area contributed by atoms with Gasteiger partial charge in [-0.3, -0.25) is 0 Å². The Morgan fingerprint density at radius 3 is 2.75 bits per heavy atom. The zero-order chi connectivity index (χ0) is 14.4. The number of ether oxygens (including phenoxy) is 2. The summed E-state index contributed by atoms with van der Waals surface area (Å²) in [7, 11) is 0. The van der Waals surface area contributed by atoms with Gasteiger partial charge in [0.2, 0.25) is 0 Å². The minimum Gasteiger partial charge on any atom is -0.494 e. The molecule has 1 atom stereocenters. The van der Waals surface area contributed by atoms with Gasteiger partial charge in [0.25, 0.3) is 0 Å². The van der Waals surface area contributed by atoms with Crippen LogP contribution in [0.4, 0.5) is 0 Å². The topological polar surface area (TPSA) is 50.7 Å². The van der Waals surface area contributed by atoms with Crippen molar-refractivity contribution in [2.75, 3.05) is 26.4 Å². The summed E-state index contributed by atoms with van der Waals surface area (Å²) in [4.78, 5) is 0. The maximum Gasteiger partial charge on any atom is 0.124 e. The summed E-state index contributed by atoms with van der Waals surface area (Å²) in [5.41, 5.74) is 0.484. The van der Waals surface area contributed by atoms with Crippen molar-refractivity contribution in [2.24, 2.45) is 0 Å². The molecular formula is C16H25NO3. The molecule has 1 aliphatic heterocycles. The number of hydrogen-bond acceptors (Lipinski definition) is 4. The van der Waals surface area contributed by atoms with Crippen molar-refractivity contribution < 1.29 is 14.6 Å². The average molecular weight is 279 g/mol. The third-order valence-corrected chi connectivity index (χ3v) is 3.85. The Kier molecular flexibility index (Phi) is 5.40. The van der Waals surface area contributed by atoms with E-state index in [4.69, 9.17) is 9.47 Å². The van der Waals surface area contributed by atoms with Crippen molar-refractivity contribution in [1.29, 1.82) is 0 Å². The van der Waals surface area contributed by atoms with Crippen LogP contribution in [-0.4, -0.2) is 37.1 Å². The highest BCUT2D eigenvalue weighted by Gasteiger charge is 2.30. The summed E-state index contributed by atoms with van der Waals surface area (Å²) in [5.74, 6) is 0.911. The minimum absolute atomic E-state index is 0.143. The van der Waals surface area contributed by atoms with Gasteiger partial charge < -0.3 is 19.9 Å². The van der Waals surface area contributed by atoms with Crippen LogP contribution in [0, 0.1) is 0 Å². The van der Waals surface area contributed by atoms with Crippen LogP contribution in [-0.2, 0) is 4.74 Å². The molecule has 0 spiro atoms. The van der Waals surface area contributed by atoms with Crippen LogP contribution < -0.4 is 10.1 Å². The molecule has 0 amide bonds. The number of benzene rings is 1. The zero-order valence-corrected chi connectivity index (χ0v) is 12.4. The maximum absolute atomic E-state index is 10.5. The smallest absolute Gasteiger partial charge is 0.124 e. The molecule has 112 valence electrons. The first kappa shape index (κ1) is 15.3. The highest BCUT2D eigenvalue weighted by atomic mass is 16.5. The molecule has 1 aliphatic rings. The van der Waals surface area contributed by atoms with Crippen LogP contribution in [0.5, 0.6) is 5.75 Å². The molecule has 0 aromatic heterocycles. The van der Waals surface area contributed by atoms with E-state index < -0.39 is 5.60 Å². The lowest BCUT2D eigenvalue weighted by Crippen LogP contribution is -2.45. The lowest BCUT2D eigenvalue weighted by Gasteiger charge is -2.33. The summed E-state index contributed by atoms with van der Waals surface area (Å²) in [6.07, 6.45) is 1.39. The Labute approximate surface area is 121 Å². The lowest BCUT2D eigenvalue weighted by molar-refractivity contribution is -0.0626. The monoisotopic (exact) mass is 279 g/mol. The van der Waals surface area contributed by atoms with E-state index in [1.165, 1.54) is 0 Å². The quantitative estimate of drug-likeness (QED) is 0.839. The highest BCUT2D eigenvalue weighted by molar-refractivity contribution is 5.35. The van der Waals surface area contributed by atoms with Crippen molar-refractivity contribution in [3.63, 3.8) is 0 Å². The molecule has 0 bridgehead atoms. The van der Waals surface area contributed by atoms with E-state index in [2.05, 4.69) is 18.3 Å². The molecule has 4 heteroatoms. The van der Waals surface area contributed by atoms with Gasteiger partial charge in [0, 0.05) is 44.2 Å². The van der Waals surface area contributed by atoms with E-state index in [0.717, 1.165) is 11.3 Å². The van der Waals surface area contributed by atoms with Crippen molar-refractivity contribution in [2.45, 2.75) is 38.3 Å². The first-order chi connectivity index (χ1) is 9.64. The average Bonchev–Trinajstić information content (AvgIpc) is 2.47. The second-order valence-electron chi connectivity index (χ2n) is 5.41.